The summed E-state index contributed by atoms with van der Waals surface area (Å²) in [4.78, 5) is 11.0. The standard InChI is InChI=1S/C16H15ClO4/c1-19-15-7-6-11(8-16(15)20-2)10-21-14-5-3-4-13(17)12(14)9-18/h3-9H,10H2,1-2H3. The van der Waals surface area contributed by atoms with Gasteiger partial charge in [0.25, 0.3) is 0 Å². The lowest BCUT2D eigenvalue weighted by atomic mass is 10.2. The van der Waals surface area contributed by atoms with Crippen LogP contribution in [0.5, 0.6) is 17.2 Å². The highest BCUT2D eigenvalue weighted by molar-refractivity contribution is 6.33. The first-order valence-corrected chi connectivity index (χ1v) is 6.64. The van der Waals surface area contributed by atoms with Crippen LogP contribution < -0.4 is 14.2 Å². The molecule has 0 unspecified atom stereocenters. The number of hydrogen-bond donors (Lipinski definition) is 0. The van der Waals surface area contributed by atoms with Crippen LogP contribution in [0.1, 0.15) is 15.9 Å². The number of rotatable bonds is 6. The van der Waals surface area contributed by atoms with Gasteiger partial charge in [0.1, 0.15) is 12.4 Å². The first-order valence-electron chi connectivity index (χ1n) is 6.27. The minimum atomic E-state index is 0.293. The molecule has 0 fully saturated rings. The first kappa shape index (κ1) is 15.2. The Bertz CT molecular complexity index is 640. The monoisotopic (exact) mass is 306 g/mol. The summed E-state index contributed by atoms with van der Waals surface area (Å²) >= 11 is 5.95. The Kier molecular flexibility index (Phi) is 5.06. The van der Waals surface area contributed by atoms with Crippen molar-refractivity contribution >= 4 is 17.9 Å². The van der Waals surface area contributed by atoms with Gasteiger partial charge in [-0.1, -0.05) is 23.7 Å². The Morgan fingerprint density at radius 1 is 1.05 bits per heavy atom. The molecule has 0 saturated heterocycles. The molecule has 2 rings (SSSR count). The van der Waals surface area contributed by atoms with Crippen LogP contribution in [0, 0.1) is 0 Å². The highest BCUT2D eigenvalue weighted by atomic mass is 35.5. The zero-order chi connectivity index (χ0) is 15.2. The number of benzene rings is 2. The number of carbonyl (C=O) groups excluding carboxylic acids is 1. The molecule has 2 aromatic carbocycles. The van der Waals surface area contributed by atoms with Crippen molar-refractivity contribution in [1.29, 1.82) is 0 Å². The second-order valence-electron chi connectivity index (χ2n) is 4.25. The smallest absolute Gasteiger partial charge is 0.161 e. The Balaban J connectivity index is 2.17. The Hall–Kier alpha value is -2.20. The minimum absolute atomic E-state index is 0.293. The molecule has 21 heavy (non-hydrogen) atoms. The molecule has 0 saturated carbocycles. The fraction of sp³-hybridized carbons (Fsp3) is 0.188. The third-order valence-corrected chi connectivity index (χ3v) is 3.30. The molecule has 2 aromatic rings. The van der Waals surface area contributed by atoms with Gasteiger partial charge in [-0.2, -0.15) is 0 Å². The quantitative estimate of drug-likeness (QED) is 0.762. The van der Waals surface area contributed by atoms with Crippen LogP contribution >= 0.6 is 11.6 Å². The summed E-state index contributed by atoms with van der Waals surface area (Å²) < 4.78 is 16.1. The zero-order valence-electron chi connectivity index (χ0n) is 11.8. The molecule has 0 amide bonds. The normalized spacial score (nSPS) is 10.0. The molecular weight excluding hydrogens is 292 g/mol. The van der Waals surface area contributed by atoms with Gasteiger partial charge in [0.2, 0.25) is 0 Å². The van der Waals surface area contributed by atoms with E-state index in [1.165, 1.54) is 0 Å². The minimum Gasteiger partial charge on any atom is -0.493 e. The Morgan fingerprint density at radius 2 is 1.81 bits per heavy atom. The highest BCUT2D eigenvalue weighted by Crippen LogP contribution is 2.29. The van der Waals surface area contributed by atoms with E-state index in [4.69, 9.17) is 25.8 Å². The van der Waals surface area contributed by atoms with E-state index < -0.39 is 0 Å². The highest BCUT2D eigenvalue weighted by Gasteiger charge is 2.09. The lowest BCUT2D eigenvalue weighted by Gasteiger charge is -2.12. The first-order chi connectivity index (χ1) is 10.2. The van der Waals surface area contributed by atoms with E-state index in [1.54, 1.807) is 38.5 Å². The SMILES string of the molecule is COc1ccc(COc2cccc(Cl)c2C=O)cc1OC. The third-order valence-electron chi connectivity index (χ3n) is 2.97. The summed E-state index contributed by atoms with van der Waals surface area (Å²) in [6.07, 6.45) is 0.687. The molecule has 0 heterocycles. The van der Waals surface area contributed by atoms with E-state index in [9.17, 15) is 4.79 Å². The molecule has 0 radical (unpaired) electrons. The van der Waals surface area contributed by atoms with Crippen molar-refractivity contribution in [3.05, 3.63) is 52.5 Å². The van der Waals surface area contributed by atoms with E-state index in [0.29, 0.717) is 40.7 Å². The van der Waals surface area contributed by atoms with Crippen LogP contribution in [0.25, 0.3) is 0 Å². The Morgan fingerprint density at radius 3 is 2.48 bits per heavy atom. The van der Waals surface area contributed by atoms with E-state index in [2.05, 4.69) is 0 Å². The number of aldehydes is 1. The van der Waals surface area contributed by atoms with Crippen molar-refractivity contribution in [1.82, 2.24) is 0 Å². The lowest BCUT2D eigenvalue weighted by Crippen LogP contribution is -2.00. The van der Waals surface area contributed by atoms with Gasteiger partial charge in [-0.15, -0.1) is 0 Å². The number of carbonyl (C=O) groups is 1. The van der Waals surface area contributed by atoms with Gasteiger partial charge >= 0.3 is 0 Å². The fourth-order valence-corrected chi connectivity index (χ4v) is 2.10. The van der Waals surface area contributed by atoms with Crippen molar-refractivity contribution in [3.8, 4) is 17.2 Å². The molecule has 0 aliphatic heterocycles. The van der Waals surface area contributed by atoms with E-state index >= 15 is 0 Å². The van der Waals surface area contributed by atoms with Gasteiger partial charge in [0.15, 0.2) is 17.8 Å². The maximum atomic E-state index is 11.0. The number of methoxy groups -OCH3 is 2. The van der Waals surface area contributed by atoms with Crippen LogP contribution in [0.2, 0.25) is 5.02 Å². The molecule has 0 aromatic heterocycles. The van der Waals surface area contributed by atoms with E-state index in [-0.39, 0.29) is 0 Å². The van der Waals surface area contributed by atoms with Gasteiger partial charge in [-0.3, -0.25) is 4.79 Å². The molecular formula is C16H15ClO4. The van der Waals surface area contributed by atoms with Crippen LogP contribution in [0.3, 0.4) is 0 Å². The van der Waals surface area contributed by atoms with Gasteiger partial charge in [-0.25, -0.2) is 0 Å². The molecule has 110 valence electrons. The summed E-state index contributed by atoms with van der Waals surface area (Å²) in [6, 6.07) is 10.6. The predicted octanol–water partition coefficient (Wildman–Crippen LogP) is 3.75. The topological polar surface area (TPSA) is 44.8 Å². The zero-order valence-corrected chi connectivity index (χ0v) is 12.5. The van der Waals surface area contributed by atoms with Crippen LogP contribution in [0.4, 0.5) is 0 Å². The summed E-state index contributed by atoms with van der Waals surface area (Å²) in [5, 5.41) is 0.370. The molecule has 0 bridgehead atoms. The van der Waals surface area contributed by atoms with Crippen molar-refractivity contribution in [3.63, 3.8) is 0 Å². The predicted molar refractivity (Wildman–Crippen MR) is 80.7 cm³/mol. The molecule has 0 spiro atoms. The third kappa shape index (κ3) is 3.47. The fourth-order valence-electron chi connectivity index (χ4n) is 1.89. The van der Waals surface area contributed by atoms with Gasteiger partial charge in [0.05, 0.1) is 24.8 Å². The van der Waals surface area contributed by atoms with Crippen LogP contribution in [-0.2, 0) is 6.61 Å². The van der Waals surface area contributed by atoms with Crippen molar-refractivity contribution in [2.75, 3.05) is 14.2 Å². The maximum absolute atomic E-state index is 11.0. The van der Waals surface area contributed by atoms with Crippen molar-refractivity contribution in [2.45, 2.75) is 6.61 Å². The van der Waals surface area contributed by atoms with Crippen molar-refractivity contribution < 1.29 is 19.0 Å². The van der Waals surface area contributed by atoms with Crippen molar-refractivity contribution in [2.24, 2.45) is 0 Å². The lowest BCUT2D eigenvalue weighted by molar-refractivity contribution is 0.111. The number of ether oxygens (including phenoxy) is 3. The summed E-state index contributed by atoms with van der Waals surface area (Å²) in [5.41, 5.74) is 1.24. The van der Waals surface area contributed by atoms with Gasteiger partial charge in [0, 0.05) is 0 Å². The molecule has 4 nitrogen and oxygen atoms in total. The van der Waals surface area contributed by atoms with Gasteiger partial charge < -0.3 is 14.2 Å². The summed E-state index contributed by atoms with van der Waals surface area (Å²) in [5.74, 6) is 1.73. The van der Waals surface area contributed by atoms with E-state index in [1.807, 2.05) is 12.1 Å². The number of halogens is 1. The average Bonchev–Trinajstić information content (AvgIpc) is 2.52. The van der Waals surface area contributed by atoms with Gasteiger partial charge in [-0.05, 0) is 29.8 Å². The van der Waals surface area contributed by atoms with Crippen LogP contribution in [-0.4, -0.2) is 20.5 Å². The largest absolute Gasteiger partial charge is 0.493 e. The second kappa shape index (κ2) is 6.99. The molecule has 0 N–H and O–H groups in total. The molecule has 0 aliphatic carbocycles. The second-order valence-corrected chi connectivity index (χ2v) is 4.65. The van der Waals surface area contributed by atoms with Crippen LogP contribution in [0.15, 0.2) is 36.4 Å². The Labute approximate surface area is 128 Å². The summed E-state index contributed by atoms with van der Waals surface area (Å²) in [7, 11) is 3.15. The number of hydrogen-bond acceptors (Lipinski definition) is 4. The maximum Gasteiger partial charge on any atom is 0.161 e. The molecule has 5 heteroatoms. The molecule has 0 aliphatic rings. The summed E-state index contributed by atoms with van der Waals surface area (Å²) in [6.45, 7) is 0.293. The molecule has 0 atom stereocenters. The average molecular weight is 307 g/mol. The van der Waals surface area contributed by atoms with E-state index in [0.717, 1.165) is 5.56 Å².